The zero-order chi connectivity index (χ0) is 6.69. The maximum absolute atomic E-state index is 5.09. The van der Waals surface area contributed by atoms with Crippen LogP contribution in [0.5, 0.6) is 0 Å². The first-order valence-electron chi connectivity index (χ1n) is 2.42. The molecule has 1 aromatic heterocycles. The molecule has 2 radical (unpaired) electrons. The molecule has 0 spiro atoms. The number of anilines is 1. The van der Waals surface area contributed by atoms with Crippen molar-refractivity contribution in [2.45, 2.75) is 0 Å². The lowest BCUT2D eigenvalue weighted by Crippen LogP contribution is -1.92. The van der Waals surface area contributed by atoms with Crippen LogP contribution in [0, 0.1) is 0 Å². The van der Waals surface area contributed by atoms with Crippen molar-refractivity contribution in [3.63, 3.8) is 0 Å². The molecule has 1 aromatic rings. The van der Waals surface area contributed by atoms with E-state index in [0.29, 0.717) is 5.82 Å². The van der Waals surface area contributed by atoms with E-state index in [1.807, 2.05) is 12.1 Å². The van der Waals surface area contributed by atoms with Crippen LogP contribution in [0.4, 0.5) is 5.82 Å². The Hall–Kier alpha value is -0.505. The number of nitrogens with zero attached hydrogens (tertiary/aromatic N) is 1. The Labute approximate surface area is 63.2 Å². The molecule has 0 amide bonds. The maximum atomic E-state index is 5.09. The molecule has 0 aliphatic heterocycles. The second-order valence-corrected chi connectivity index (χ2v) is 2.30. The molecule has 0 aliphatic carbocycles. The van der Waals surface area contributed by atoms with Crippen molar-refractivity contribution in [3.8, 4) is 0 Å². The summed E-state index contributed by atoms with van der Waals surface area (Å²) in [6, 6.07) is 5.47. The van der Waals surface area contributed by atoms with Crippen LogP contribution in [-0.2, 0) is 0 Å². The summed E-state index contributed by atoms with van der Waals surface area (Å²) in [7, 11) is 5.09. The van der Waals surface area contributed by atoms with Crippen LogP contribution in [0.25, 0.3) is 0 Å². The summed E-state index contributed by atoms with van der Waals surface area (Å²) in [5.74, 6) is 0.657. The van der Waals surface area contributed by atoms with E-state index in [1.165, 1.54) is 0 Å². The highest BCUT2D eigenvalue weighted by atomic mass is 79.9. The number of hydrogen-bond donors (Lipinski definition) is 1. The Morgan fingerprint density at radius 1 is 1.56 bits per heavy atom. The summed E-state index contributed by atoms with van der Waals surface area (Å²) < 4.78 is 0.776. The first-order valence-corrected chi connectivity index (χ1v) is 3.21. The smallest absolute Gasteiger partial charge is 0.224 e. The lowest BCUT2D eigenvalue weighted by Gasteiger charge is -1.96. The third kappa shape index (κ3) is 1.71. The van der Waals surface area contributed by atoms with E-state index in [4.69, 9.17) is 7.98 Å². The van der Waals surface area contributed by atoms with E-state index in [9.17, 15) is 0 Å². The van der Waals surface area contributed by atoms with Crippen LogP contribution in [0.1, 0.15) is 0 Å². The summed E-state index contributed by atoms with van der Waals surface area (Å²) in [5, 5.41) is 2.43. The van der Waals surface area contributed by atoms with Gasteiger partial charge >= 0.3 is 0 Å². The fourth-order valence-electron chi connectivity index (χ4n) is 0.489. The molecule has 1 N–H and O–H groups in total. The van der Waals surface area contributed by atoms with E-state index in [2.05, 4.69) is 26.1 Å². The largest absolute Gasteiger partial charge is 0.423 e. The van der Waals surface area contributed by atoms with Crippen LogP contribution in [0.3, 0.4) is 0 Å². The van der Waals surface area contributed by atoms with Crippen molar-refractivity contribution in [3.05, 3.63) is 22.8 Å². The summed E-state index contributed by atoms with van der Waals surface area (Å²) in [4.78, 5) is 3.97. The predicted molar refractivity (Wildman–Crippen MR) is 41.3 cm³/mol. The van der Waals surface area contributed by atoms with E-state index in [0.717, 1.165) is 4.60 Å². The Morgan fingerprint density at radius 3 is 2.78 bits per heavy atom. The monoisotopic (exact) mass is 182 g/mol. The van der Waals surface area contributed by atoms with Crippen LogP contribution in [0.2, 0.25) is 0 Å². The number of nitrogens with one attached hydrogen (secondary N) is 1. The van der Waals surface area contributed by atoms with E-state index in [1.54, 1.807) is 6.07 Å². The molecule has 0 unspecified atom stereocenters. The van der Waals surface area contributed by atoms with Gasteiger partial charge in [0, 0.05) is 0 Å². The van der Waals surface area contributed by atoms with Gasteiger partial charge in [-0.1, -0.05) is 6.07 Å². The molecule has 4 heteroatoms. The summed E-state index contributed by atoms with van der Waals surface area (Å²) in [6.07, 6.45) is 0. The molecule has 0 aromatic carbocycles. The Balaban J connectivity index is 2.94. The lowest BCUT2D eigenvalue weighted by molar-refractivity contribution is 1.28. The third-order valence-electron chi connectivity index (χ3n) is 0.863. The molecule has 0 saturated heterocycles. The van der Waals surface area contributed by atoms with Gasteiger partial charge in [0.05, 0.1) is 0 Å². The quantitative estimate of drug-likeness (QED) is 0.524. The van der Waals surface area contributed by atoms with Crippen molar-refractivity contribution in [2.24, 2.45) is 0 Å². The fourth-order valence-corrected chi connectivity index (χ4v) is 0.832. The molecular weight excluding hydrogens is 179 g/mol. The standard InChI is InChI=1S/C5H4BBrN2/c6-9-5-3-1-2-4(7)8-5/h1-3H,(H,8,9). The minimum atomic E-state index is 0.657. The van der Waals surface area contributed by atoms with Gasteiger partial charge in [-0.3, -0.25) is 0 Å². The molecule has 9 heavy (non-hydrogen) atoms. The van der Waals surface area contributed by atoms with Crippen LogP contribution < -0.4 is 5.23 Å². The topological polar surface area (TPSA) is 24.9 Å². The zero-order valence-electron chi connectivity index (χ0n) is 4.63. The van der Waals surface area contributed by atoms with Crippen LogP contribution in [0.15, 0.2) is 22.8 Å². The second kappa shape index (κ2) is 2.87. The minimum absolute atomic E-state index is 0.657. The van der Waals surface area contributed by atoms with Gasteiger partial charge in [-0.25, -0.2) is 4.98 Å². The zero-order valence-corrected chi connectivity index (χ0v) is 6.22. The minimum Gasteiger partial charge on any atom is -0.423 e. The van der Waals surface area contributed by atoms with Gasteiger partial charge in [-0.15, -0.1) is 0 Å². The van der Waals surface area contributed by atoms with Crippen LogP contribution in [-0.4, -0.2) is 13.0 Å². The van der Waals surface area contributed by atoms with Crippen LogP contribution >= 0.6 is 15.9 Å². The Morgan fingerprint density at radius 2 is 2.33 bits per heavy atom. The molecule has 44 valence electrons. The predicted octanol–water partition coefficient (Wildman–Crippen LogP) is 1.34. The van der Waals surface area contributed by atoms with Gasteiger partial charge in [0.15, 0.2) is 0 Å². The molecular formula is C5H4BBrN2. The number of hydrogen-bond acceptors (Lipinski definition) is 2. The normalized spacial score (nSPS) is 9.00. The summed E-state index contributed by atoms with van der Waals surface area (Å²) in [5.41, 5.74) is 0. The third-order valence-corrected chi connectivity index (χ3v) is 1.30. The van der Waals surface area contributed by atoms with Gasteiger partial charge in [0.25, 0.3) is 0 Å². The summed E-state index contributed by atoms with van der Waals surface area (Å²) in [6.45, 7) is 0. The average molecular weight is 183 g/mol. The molecule has 1 rings (SSSR count). The first-order chi connectivity index (χ1) is 4.33. The second-order valence-electron chi connectivity index (χ2n) is 1.49. The fraction of sp³-hybridized carbons (Fsp3) is 0. The van der Waals surface area contributed by atoms with Crippen molar-refractivity contribution < 1.29 is 0 Å². The Bertz CT molecular complexity index is 204. The average Bonchev–Trinajstić information content (AvgIpc) is 1.88. The number of pyridine rings is 1. The highest BCUT2D eigenvalue weighted by Gasteiger charge is 1.87. The molecule has 2 nitrogen and oxygen atoms in total. The summed E-state index contributed by atoms with van der Waals surface area (Å²) >= 11 is 3.20. The highest BCUT2D eigenvalue weighted by molar-refractivity contribution is 9.10. The Kier molecular flexibility index (Phi) is 2.11. The van der Waals surface area contributed by atoms with Gasteiger partial charge in [0.1, 0.15) is 10.4 Å². The van der Waals surface area contributed by atoms with Crippen molar-refractivity contribution in [1.29, 1.82) is 0 Å². The number of halogens is 1. The molecule has 0 atom stereocenters. The molecule has 0 fully saturated rings. The SMILES string of the molecule is [B]Nc1cccc(Br)n1. The van der Waals surface area contributed by atoms with Gasteiger partial charge < -0.3 is 5.23 Å². The van der Waals surface area contributed by atoms with Crippen molar-refractivity contribution in [1.82, 2.24) is 4.98 Å². The molecule has 0 bridgehead atoms. The van der Waals surface area contributed by atoms with E-state index < -0.39 is 0 Å². The van der Waals surface area contributed by atoms with Crippen molar-refractivity contribution in [2.75, 3.05) is 5.23 Å². The van der Waals surface area contributed by atoms with Gasteiger partial charge in [-0.2, -0.15) is 0 Å². The first kappa shape index (κ1) is 6.61. The maximum Gasteiger partial charge on any atom is 0.224 e. The number of aromatic nitrogens is 1. The molecule has 0 saturated carbocycles. The lowest BCUT2D eigenvalue weighted by atomic mass is 10.4. The molecule has 1 heterocycles. The molecule has 0 aliphatic rings. The number of rotatable bonds is 1. The van der Waals surface area contributed by atoms with Crippen molar-refractivity contribution >= 4 is 29.7 Å². The van der Waals surface area contributed by atoms with E-state index >= 15 is 0 Å². The van der Waals surface area contributed by atoms with E-state index in [-0.39, 0.29) is 0 Å². The van der Waals surface area contributed by atoms with Gasteiger partial charge in [-0.05, 0) is 28.1 Å². The van der Waals surface area contributed by atoms with Gasteiger partial charge in [0.2, 0.25) is 7.98 Å². The highest BCUT2D eigenvalue weighted by Crippen LogP contribution is 2.08.